The number of benzene rings is 2. The number of methoxy groups -OCH3 is 1. The van der Waals surface area contributed by atoms with Gasteiger partial charge in [0.25, 0.3) is 0 Å². The van der Waals surface area contributed by atoms with Crippen molar-refractivity contribution in [2.45, 2.75) is 6.54 Å². The van der Waals surface area contributed by atoms with Crippen molar-refractivity contribution in [1.82, 2.24) is 0 Å². The maximum atomic E-state index is 13.5. The SMILES string of the molecule is COc1ccc(NCc2ccc(Cl)c(Br)c2)cc1F. The van der Waals surface area contributed by atoms with Crippen LogP contribution < -0.4 is 10.1 Å². The highest BCUT2D eigenvalue weighted by molar-refractivity contribution is 9.10. The van der Waals surface area contributed by atoms with E-state index in [1.54, 1.807) is 12.1 Å². The summed E-state index contributed by atoms with van der Waals surface area (Å²) < 4.78 is 19.2. The predicted molar refractivity (Wildman–Crippen MR) is 79.4 cm³/mol. The van der Waals surface area contributed by atoms with Gasteiger partial charge in [-0.3, -0.25) is 0 Å². The second-order valence-corrected chi connectivity index (χ2v) is 5.21. The van der Waals surface area contributed by atoms with E-state index in [0.29, 0.717) is 17.3 Å². The van der Waals surface area contributed by atoms with Gasteiger partial charge in [-0.1, -0.05) is 17.7 Å². The van der Waals surface area contributed by atoms with Crippen molar-refractivity contribution in [2.75, 3.05) is 12.4 Å². The molecular formula is C14H12BrClFNO. The lowest BCUT2D eigenvalue weighted by Gasteiger charge is -2.09. The highest BCUT2D eigenvalue weighted by atomic mass is 79.9. The maximum absolute atomic E-state index is 13.5. The third-order valence-electron chi connectivity index (χ3n) is 2.63. The van der Waals surface area contributed by atoms with Gasteiger partial charge in [0, 0.05) is 22.8 Å². The van der Waals surface area contributed by atoms with Crippen molar-refractivity contribution < 1.29 is 9.13 Å². The van der Waals surface area contributed by atoms with E-state index in [1.165, 1.54) is 13.2 Å². The maximum Gasteiger partial charge on any atom is 0.167 e. The molecule has 19 heavy (non-hydrogen) atoms. The van der Waals surface area contributed by atoms with E-state index in [0.717, 1.165) is 10.0 Å². The lowest BCUT2D eigenvalue weighted by molar-refractivity contribution is 0.386. The largest absolute Gasteiger partial charge is 0.494 e. The van der Waals surface area contributed by atoms with E-state index in [1.807, 2.05) is 18.2 Å². The van der Waals surface area contributed by atoms with Gasteiger partial charge in [0.1, 0.15) is 0 Å². The summed E-state index contributed by atoms with van der Waals surface area (Å²) in [7, 11) is 1.44. The third kappa shape index (κ3) is 3.61. The van der Waals surface area contributed by atoms with Crippen LogP contribution in [0.3, 0.4) is 0 Å². The zero-order valence-electron chi connectivity index (χ0n) is 10.2. The number of ether oxygens (including phenoxy) is 1. The first-order valence-corrected chi connectivity index (χ1v) is 6.78. The summed E-state index contributed by atoms with van der Waals surface area (Å²) in [6, 6.07) is 10.4. The van der Waals surface area contributed by atoms with Gasteiger partial charge in [-0.2, -0.15) is 0 Å². The quantitative estimate of drug-likeness (QED) is 0.855. The van der Waals surface area contributed by atoms with Crippen LogP contribution in [-0.4, -0.2) is 7.11 Å². The molecule has 0 unspecified atom stereocenters. The monoisotopic (exact) mass is 343 g/mol. The van der Waals surface area contributed by atoms with Gasteiger partial charge in [-0.05, 0) is 45.8 Å². The Bertz CT molecular complexity index is 592. The fourth-order valence-electron chi connectivity index (χ4n) is 1.63. The minimum absolute atomic E-state index is 0.236. The molecule has 0 heterocycles. The zero-order chi connectivity index (χ0) is 13.8. The molecule has 0 amide bonds. The van der Waals surface area contributed by atoms with Crippen molar-refractivity contribution in [2.24, 2.45) is 0 Å². The van der Waals surface area contributed by atoms with Crippen molar-refractivity contribution in [3.63, 3.8) is 0 Å². The topological polar surface area (TPSA) is 21.3 Å². The van der Waals surface area contributed by atoms with Gasteiger partial charge in [0.05, 0.1) is 12.1 Å². The fraction of sp³-hybridized carbons (Fsp3) is 0.143. The van der Waals surface area contributed by atoms with Crippen LogP contribution in [0, 0.1) is 5.82 Å². The Hall–Kier alpha value is -1.26. The molecule has 0 atom stereocenters. The molecule has 0 radical (unpaired) electrons. The molecule has 2 aromatic rings. The first-order valence-electron chi connectivity index (χ1n) is 5.61. The Balaban J connectivity index is 2.05. The van der Waals surface area contributed by atoms with Crippen LogP contribution in [0.4, 0.5) is 10.1 Å². The average Bonchev–Trinajstić information content (AvgIpc) is 2.40. The molecule has 0 spiro atoms. The first-order chi connectivity index (χ1) is 9.10. The Morgan fingerprint density at radius 1 is 1.26 bits per heavy atom. The van der Waals surface area contributed by atoms with Crippen molar-refractivity contribution >= 4 is 33.2 Å². The lowest BCUT2D eigenvalue weighted by Crippen LogP contribution is -2.00. The van der Waals surface area contributed by atoms with Gasteiger partial charge < -0.3 is 10.1 Å². The second-order valence-electron chi connectivity index (χ2n) is 3.95. The Morgan fingerprint density at radius 2 is 2.05 bits per heavy atom. The van der Waals surface area contributed by atoms with E-state index >= 15 is 0 Å². The molecule has 0 aliphatic rings. The number of halogens is 3. The summed E-state index contributed by atoms with van der Waals surface area (Å²) in [4.78, 5) is 0. The summed E-state index contributed by atoms with van der Waals surface area (Å²) >= 11 is 9.29. The van der Waals surface area contributed by atoms with E-state index in [9.17, 15) is 4.39 Å². The van der Waals surface area contributed by atoms with Crippen molar-refractivity contribution in [1.29, 1.82) is 0 Å². The lowest BCUT2D eigenvalue weighted by atomic mass is 10.2. The molecule has 0 aromatic heterocycles. The van der Waals surface area contributed by atoms with Gasteiger partial charge in [0.15, 0.2) is 11.6 Å². The molecular weight excluding hydrogens is 333 g/mol. The molecule has 0 aliphatic carbocycles. The smallest absolute Gasteiger partial charge is 0.167 e. The standard InChI is InChI=1S/C14H12BrClFNO/c1-19-14-5-3-10(7-13(14)17)18-8-9-2-4-12(16)11(15)6-9/h2-7,18H,8H2,1H3. The minimum atomic E-state index is -0.384. The molecule has 100 valence electrons. The van der Waals surface area contributed by atoms with Crippen molar-refractivity contribution in [3.05, 3.63) is 57.3 Å². The molecule has 1 N–H and O–H groups in total. The summed E-state index contributed by atoms with van der Waals surface area (Å²) in [6.07, 6.45) is 0. The summed E-state index contributed by atoms with van der Waals surface area (Å²) in [5.41, 5.74) is 1.75. The number of anilines is 1. The molecule has 0 fully saturated rings. The highest BCUT2D eigenvalue weighted by Crippen LogP contribution is 2.24. The van der Waals surface area contributed by atoms with Gasteiger partial charge in [0.2, 0.25) is 0 Å². The molecule has 5 heteroatoms. The third-order valence-corrected chi connectivity index (χ3v) is 3.85. The van der Waals surface area contributed by atoms with E-state index in [4.69, 9.17) is 16.3 Å². The molecule has 0 aliphatic heterocycles. The fourth-order valence-corrected chi connectivity index (χ4v) is 2.17. The van der Waals surface area contributed by atoms with Crippen LogP contribution in [0.25, 0.3) is 0 Å². The van der Waals surface area contributed by atoms with E-state index in [-0.39, 0.29) is 11.6 Å². The summed E-state index contributed by atoms with van der Waals surface area (Å²) in [5.74, 6) is -0.149. The molecule has 0 saturated heterocycles. The van der Waals surface area contributed by atoms with Crippen LogP contribution in [-0.2, 0) is 6.54 Å². The molecule has 0 bridgehead atoms. The van der Waals surface area contributed by atoms with E-state index in [2.05, 4.69) is 21.2 Å². The van der Waals surface area contributed by atoms with Crippen LogP contribution in [0.2, 0.25) is 5.02 Å². The first kappa shape index (κ1) is 14.2. The predicted octanol–water partition coefficient (Wildman–Crippen LogP) is 4.86. The second kappa shape index (κ2) is 6.26. The van der Waals surface area contributed by atoms with Crippen LogP contribution in [0.1, 0.15) is 5.56 Å². The molecule has 0 saturated carbocycles. The minimum Gasteiger partial charge on any atom is -0.494 e. The van der Waals surface area contributed by atoms with Gasteiger partial charge >= 0.3 is 0 Å². The zero-order valence-corrected chi connectivity index (χ0v) is 12.6. The van der Waals surface area contributed by atoms with Crippen molar-refractivity contribution in [3.8, 4) is 5.75 Å². The van der Waals surface area contributed by atoms with Gasteiger partial charge in [-0.25, -0.2) is 4.39 Å². The summed E-state index contributed by atoms with van der Waals surface area (Å²) in [5, 5.41) is 3.81. The summed E-state index contributed by atoms with van der Waals surface area (Å²) in [6.45, 7) is 0.585. The molecule has 2 nitrogen and oxygen atoms in total. The number of rotatable bonds is 4. The number of hydrogen-bond acceptors (Lipinski definition) is 2. The van der Waals surface area contributed by atoms with E-state index < -0.39 is 0 Å². The molecule has 2 rings (SSSR count). The average molecular weight is 345 g/mol. The van der Waals surface area contributed by atoms with Crippen LogP contribution in [0.5, 0.6) is 5.75 Å². The number of hydrogen-bond donors (Lipinski definition) is 1. The Labute approximate surface area is 124 Å². The molecule has 2 aromatic carbocycles. The Morgan fingerprint density at radius 3 is 2.68 bits per heavy atom. The number of nitrogens with one attached hydrogen (secondary N) is 1. The highest BCUT2D eigenvalue weighted by Gasteiger charge is 2.04. The normalized spacial score (nSPS) is 10.3. The Kier molecular flexibility index (Phi) is 4.66. The van der Waals surface area contributed by atoms with Gasteiger partial charge in [-0.15, -0.1) is 0 Å². The van der Waals surface area contributed by atoms with Crippen LogP contribution >= 0.6 is 27.5 Å². The van der Waals surface area contributed by atoms with Crippen LogP contribution in [0.15, 0.2) is 40.9 Å².